The molecule has 0 amide bonds. The normalized spacial score (nSPS) is 10.2. The Bertz CT molecular complexity index is 213. The van der Waals surface area contributed by atoms with Gasteiger partial charge < -0.3 is 0 Å². The highest BCUT2D eigenvalue weighted by Gasteiger charge is 2.37. The van der Waals surface area contributed by atoms with Crippen LogP contribution < -0.4 is 0 Å². The van der Waals surface area contributed by atoms with E-state index < -0.39 is 16.7 Å². The summed E-state index contributed by atoms with van der Waals surface area (Å²) in [5.74, 6) is -1.75. The molecule has 0 aromatic rings. The molecule has 0 aliphatic carbocycles. The van der Waals surface area contributed by atoms with E-state index in [1.54, 1.807) is 0 Å². The van der Waals surface area contributed by atoms with Crippen molar-refractivity contribution >= 4 is 17.4 Å². The molecule has 2 nitrogen and oxygen atoms in total. The zero-order valence-electron chi connectivity index (χ0n) is 4.70. The number of alkyl halides is 3. The van der Waals surface area contributed by atoms with E-state index in [2.05, 4.69) is 18.2 Å². The van der Waals surface area contributed by atoms with E-state index in [1.165, 1.54) is 0 Å². The lowest BCUT2D eigenvalue weighted by Crippen LogP contribution is -2.22. The third-order valence-corrected chi connectivity index (χ3v) is 0.838. The van der Waals surface area contributed by atoms with Gasteiger partial charge >= 0.3 is 5.38 Å². The van der Waals surface area contributed by atoms with Gasteiger partial charge in [0, 0.05) is 0 Å². The number of rotatable bonds is 2. The van der Waals surface area contributed by atoms with Crippen molar-refractivity contribution in [3.05, 3.63) is 12.2 Å². The molecule has 10 heavy (non-hydrogen) atoms. The summed E-state index contributed by atoms with van der Waals surface area (Å²) in [5.41, 5.74) is -0.847. The molecule has 0 aromatic heterocycles. The molecule has 0 bridgehead atoms. The highest BCUT2D eigenvalue weighted by Crippen LogP contribution is 2.22. The Kier molecular flexibility index (Phi) is 2.49. The van der Waals surface area contributed by atoms with Gasteiger partial charge in [-0.1, -0.05) is 6.58 Å². The molecule has 0 atom stereocenters. The Hall–Kier alpha value is -0.950. The maximum absolute atomic E-state index is 11.8. The van der Waals surface area contributed by atoms with Gasteiger partial charge in [-0.25, -0.2) is 0 Å². The number of nitriles is 1. The lowest BCUT2D eigenvalue weighted by Gasteiger charge is -2.02. The highest BCUT2D eigenvalue weighted by molar-refractivity contribution is 6.35. The fraction of sp³-hybridized carbons (Fsp3) is 0.200. The number of hydrogen-bond acceptors (Lipinski definition) is 2. The lowest BCUT2D eigenvalue weighted by molar-refractivity contribution is -0.128. The second kappa shape index (κ2) is 2.76. The number of allylic oxidation sites excluding steroid dienone is 1. The van der Waals surface area contributed by atoms with E-state index in [1.807, 2.05) is 0 Å². The first-order valence-electron chi connectivity index (χ1n) is 2.10. The van der Waals surface area contributed by atoms with Gasteiger partial charge in [-0.3, -0.25) is 4.79 Å². The third-order valence-electron chi connectivity index (χ3n) is 0.667. The number of carbonyl (C=O) groups excluding carboxylic acids is 1. The molecule has 0 radical (unpaired) electrons. The van der Waals surface area contributed by atoms with Gasteiger partial charge in [-0.15, -0.1) is 0 Å². The van der Waals surface area contributed by atoms with Crippen molar-refractivity contribution in [3.63, 3.8) is 0 Å². The van der Waals surface area contributed by atoms with Crippen molar-refractivity contribution in [3.8, 4) is 6.07 Å². The van der Waals surface area contributed by atoms with Gasteiger partial charge in [0.25, 0.3) is 5.78 Å². The van der Waals surface area contributed by atoms with Gasteiger partial charge in [-0.05, 0) is 11.6 Å². The summed E-state index contributed by atoms with van der Waals surface area (Å²) in [5, 5.41) is 3.90. The zero-order valence-corrected chi connectivity index (χ0v) is 5.45. The smallest absolute Gasteiger partial charge is 0.285 e. The SMILES string of the molecule is C=C(C#N)C(=O)C(F)(F)Cl. The molecule has 0 aromatic carbocycles. The fourth-order valence-electron chi connectivity index (χ4n) is 0.222. The van der Waals surface area contributed by atoms with Crippen LogP contribution in [0.4, 0.5) is 8.78 Å². The van der Waals surface area contributed by atoms with Crippen LogP contribution in [0.5, 0.6) is 0 Å². The summed E-state index contributed by atoms with van der Waals surface area (Å²) >= 11 is 4.26. The van der Waals surface area contributed by atoms with E-state index in [0.717, 1.165) is 6.07 Å². The molecule has 0 heterocycles. The Morgan fingerprint density at radius 3 is 2.20 bits per heavy atom. The maximum atomic E-state index is 11.8. The molecular formula is C5H2ClF2NO. The van der Waals surface area contributed by atoms with Crippen LogP contribution in [0, 0.1) is 11.3 Å². The lowest BCUT2D eigenvalue weighted by atomic mass is 10.2. The van der Waals surface area contributed by atoms with Gasteiger partial charge in [0.05, 0.1) is 5.57 Å². The number of Topliss-reactive ketones (excluding diaryl/α,β-unsaturated/α-hetero) is 1. The van der Waals surface area contributed by atoms with Crippen LogP contribution in [-0.2, 0) is 4.79 Å². The predicted molar refractivity (Wildman–Crippen MR) is 30.6 cm³/mol. The van der Waals surface area contributed by atoms with E-state index in [-0.39, 0.29) is 0 Å². The van der Waals surface area contributed by atoms with Crippen molar-refractivity contribution in [1.82, 2.24) is 0 Å². The predicted octanol–water partition coefficient (Wildman–Crippen LogP) is 1.47. The number of ketones is 1. The number of hydrogen-bond donors (Lipinski definition) is 0. The van der Waals surface area contributed by atoms with E-state index in [0.29, 0.717) is 0 Å². The van der Waals surface area contributed by atoms with Crippen LogP contribution in [0.25, 0.3) is 0 Å². The van der Waals surface area contributed by atoms with Crippen LogP contribution in [0.15, 0.2) is 12.2 Å². The minimum absolute atomic E-state index is 0.847. The van der Waals surface area contributed by atoms with Gasteiger partial charge in [-0.2, -0.15) is 14.0 Å². The summed E-state index contributed by atoms with van der Waals surface area (Å²) in [6, 6.07) is 1.16. The van der Waals surface area contributed by atoms with Crippen molar-refractivity contribution in [2.45, 2.75) is 5.38 Å². The topological polar surface area (TPSA) is 40.9 Å². The monoisotopic (exact) mass is 165 g/mol. The summed E-state index contributed by atoms with van der Waals surface area (Å²) in [6.07, 6.45) is 0. The Morgan fingerprint density at radius 2 is 2.10 bits per heavy atom. The van der Waals surface area contributed by atoms with E-state index >= 15 is 0 Å². The molecule has 0 spiro atoms. The van der Waals surface area contributed by atoms with Gasteiger partial charge in [0.2, 0.25) is 0 Å². The van der Waals surface area contributed by atoms with Crippen molar-refractivity contribution < 1.29 is 13.6 Å². The van der Waals surface area contributed by atoms with Crippen LogP contribution in [0.1, 0.15) is 0 Å². The minimum atomic E-state index is -4.01. The van der Waals surface area contributed by atoms with Crippen LogP contribution in [0.3, 0.4) is 0 Å². The molecule has 0 saturated heterocycles. The summed E-state index contributed by atoms with van der Waals surface area (Å²) < 4.78 is 23.5. The van der Waals surface area contributed by atoms with E-state index in [4.69, 9.17) is 5.26 Å². The van der Waals surface area contributed by atoms with Crippen molar-refractivity contribution in [2.24, 2.45) is 0 Å². The Morgan fingerprint density at radius 1 is 1.70 bits per heavy atom. The first-order chi connectivity index (χ1) is 4.39. The average molecular weight is 166 g/mol. The van der Waals surface area contributed by atoms with Gasteiger partial charge in [0.1, 0.15) is 6.07 Å². The Balaban J connectivity index is 4.43. The number of halogens is 3. The zero-order chi connectivity index (χ0) is 8.36. The fourth-order valence-corrected chi connectivity index (χ4v) is 0.336. The minimum Gasteiger partial charge on any atom is -0.285 e. The van der Waals surface area contributed by atoms with Crippen LogP contribution >= 0.6 is 11.6 Å². The molecule has 0 unspecified atom stereocenters. The van der Waals surface area contributed by atoms with Crippen LogP contribution in [-0.4, -0.2) is 11.2 Å². The largest absolute Gasteiger partial charge is 0.385 e. The third kappa shape index (κ3) is 2.11. The van der Waals surface area contributed by atoms with Crippen molar-refractivity contribution in [1.29, 1.82) is 5.26 Å². The van der Waals surface area contributed by atoms with Crippen LogP contribution in [0.2, 0.25) is 0 Å². The summed E-state index contributed by atoms with van der Waals surface area (Å²) in [4.78, 5) is 10.2. The molecule has 0 rings (SSSR count). The van der Waals surface area contributed by atoms with Gasteiger partial charge in [0.15, 0.2) is 0 Å². The molecule has 0 aliphatic heterocycles. The second-order valence-corrected chi connectivity index (χ2v) is 1.89. The first kappa shape index (κ1) is 9.05. The van der Waals surface area contributed by atoms with E-state index in [9.17, 15) is 13.6 Å². The average Bonchev–Trinajstić information content (AvgIpc) is 1.83. The summed E-state index contributed by atoms with van der Waals surface area (Å²) in [7, 11) is 0. The second-order valence-electron chi connectivity index (χ2n) is 1.42. The maximum Gasteiger partial charge on any atom is 0.385 e. The molecule has 5 heteroatoms. The first-order valence-corrected chi connectivity index (χ1v) is 2.48. The molecule has 0 aliphatic rings. The Labute approximate surface area is 60.7 Å². The quantitative estimate of drug-likeness (QED) is 0.353. The molecule has 0 N–H and O–H groups in total. The van der Waals surface area contributed by atoms with Crippen molar-refractivity contribution in [2.75, 3.05) is 0 Å². The molecule has 0 fully saturated rings. The number of carbonyl (C=O) groups is 1. The molecule has 0 saturated carbocycles. The molecule has 54 valence electrons. The summed E-state index contributed by atoms with van der Waals surface area (Å²) in [6.45, 7) is 2.76. The highest BCUT2D eigenvalue weighted by atomic mass is 35.5. The molecular weight excluding hydrogens is 164 g/mol. The standard InChI is InChI=1S/C5H2ClF2NO/c1-3(2-9)4(10)5(6,7)8/h1H2. The number of nitrogens with zero attached hydrogens (tertiary/aromatic N) is 1.